The number of hydrogen-bond donors (Lipinski definition) is 1. The topological polar surface area (TPSA) is 20.2 Å². The summed E-state index contributed by atoms with van der Waals surface area (Å²) in [4.78, 5) is 1.33. The van der Waals surface area contributed by atoms with E-state index in [9.17, 15) is 5.11 Å². The van der Waals surface area contributed by atoms with Crippen molar-refractivity contribution in [2.75, 3.05) is 0 Å². The largest absolute Gasteiger partial charge is 0.389 e. The average molecular weight is 351 g/mol. The first-order valence-electron chi connectivity index (χ1n) is 6.97. The van der Waals surface area contributed by atoms with Crippen LogP contribution in [-0.4, -0.2) is 10.7 Å². The van der Waals surface area contributed by atoms with E-state index < -0.39 is 5.60 Å². The lowest BCUT2D eigenvalue weighted by atomic mass is 9.79. The zero-order chi connectivity index (χ0) is 14.3. The molecule has 1 aliphatic heterocycles. The van der Waals surface area contributed by atoms with Crippen LogP contribution in [-0.2, 0) is 0 Å². The van der Waals surface area contributed by atoms with Crippen molar-refractivity contribution in [3.05, 3.63) is 56.9 Å². The third-order valence-electron chi connectivity index (χ3n) is 4.17. The lowest BCUT2D eigenvalue weighted by Gasteiger charge is -2.42. The molecule has 0 aromatic heterocycles. The fraction of sp³-hybridized carbons (Fsp3) is 0.412. The van der Waals surface area contributed by atoms with Gasteiger partial charge in [-0.15, -0.1) is 11.8 Å². The van der Waals surface area contributed by atoms with E-state index in [1.807, 2.05) is 18.7 Å². The van der Waals surface area contributed by atoms with Crippen molar-refractivity contribution in [1.82, 2.24) is 0 Å². The fourth-order valence-electron chi connectivity index (χ4n) is 3.00. The van der Waals surface area contributed by atoms with Crippen molar-refractivity contribution in [3.8, 4) is 0 Å². The van der Waals surface area contributed by atoms with Crippen LogP contribution in [0.1, 0.15) is 37.5 Å². The van der Waals surface area contributed by atoms with Crippen LogP contribution in [0.25, 0.3) is 0 Å². The van der Waals surface area contributed by atoms with Crippen LogP contribution in [0.15, 0.2) is 51.4 Å². The molecule has 0 amide bonds. The zero-order valence-corrected chi connectivity index (χ0v) is 14.2. The van der Waals surface area contributed by atoms with Gasteiger partial charge < -0.3 is 5.11 Å². The summed E-state index contributed by atoms with van der Waals surface area (Å²) in [6.07, 6.45) is 6.36. The molecule has 0 bridgehead atoms. The summed E-state index contributed by atoms with van der Waals surface area (Å²) in [6, 6.07) is 8.47. The second-order valence-corrected chi connectivity index (χ2v) is 8.21. The van der Waals surface area contributed by atoms with Crippen molar-refractivity contribution in [2.24, 2.45) is 5.92 Å². The van der Waals surface area contributed by atoms with Crippen LogP contribution < -0.4 is 0 Å². The molecule has 106 valence electrons. The van der Waals surface area contributed by atoms with Gasteiger partial charge in [-0.05, 0) is 49.3 Å². The van der Waals surface area contributed by atoms with Gasteiger partial charge in [0.15, 0.2) is 0 Å². The quantitative estimate of drug-likeness (QED) is 0.700. The predicted molar refractivity (Wildman–Crippen MR) is 89.7 cm³/mol. The molecule has 3 rings (SSSR count). The molecule has 3 heteroatoms. The standard InChI is InChI=1S/C17H19BrOS/c1-11-3-8-15-14(9-11)17(2,19)10-16(20-15)12-4-6-13(18)7-5-12/h4-9,14,16,19H,3,10H2,1-2H3. The summed E-state index contributed by atoms with van der Waals surface area (Å²) in [6.45, 7) is 4.13. The molecular formula is C17H19BrOS. The molecule has 1 aromatic rings. The molecule has 1 aliphatic carbocycles. The summed E-state index contributed by atoms with van der Waals surface area (Å²) in [5.74, 6) is 0.174. The molecule has 0 saturated carbocycles. The van der Waals surface area contributed by atoms with E-state index in [0.717, 1.165) is 17.3 Å². The highest BCUT2D eigenvalue weighted by Crippen LogP contribution is 2.54. The molecule has 20 heavy (non-hydrogen) atoms. The number of benzene rings is 1. The van der Waals surface area contributed by atoms with Gasteiger partial charge in [0.05, 0.1) is 5.60 Å². The fourth-order valence-corrected chi connectivity index (χ4v) is 4.96. The SMILES string of the molecule is CC1=CC2C(=CC1)SC(c1ccc(Br)cc1)CC2(C)O. The van der Waals surface area contributed by atoms with Crippen molar-refractivity contribution in [1.29, 1.82) is 0 Å². The van der Waals surface area contributed by atoms with Gasteiger partial charge in [0, 0.05) is 15.6 Å². The molecule has 0 radical (unpaired) electrons. The molecule has 1 N–H and O–H groups in total. The second kappa shape index (κ2) is 5.36. The maximum atomic E-state index is 10.9. The highest BCUT2D eigenvalue weighted by Gasteiger charge is 2.42. The normalized spacial score (nSPS) is 33.2. The Balaban J connectivity index is 1.90. The molecule has 1 heterocycles. The lowest BCUT2D eigenvalue weighted by Crippen LogP contribution is -2.39. The zero-order valence-electron chi connectivity index (χ0n) is 11.8. The Bertz CT molecular complexity index is 571. The number of rotatable bonds is 1. The molecule has 2 aliphatic rings. The first-order valence-corrected chi connectivity index (χ1v) is 8.65. The maximum absolute atomic E-state index is 10.9. The minimum Gasteiger partial charge on any atom is -0.389 e. The molecule has 1 saturated heterocycles. The van der Waals surface area contributed by atoms with Crippen LogP contribution in [0.2, 0.25) is 0 Å². The first-order chi connectivity index (χ1) is 9.45. The predicted octanol–water partition coefficient (Wildman–Crippen LogP) is 5.23. The smallest absolute Gasteiger partial charge is 0.0741 e. The Kier molecular flexibility index (Phi) is 3.87. The van der Waals surface area contributed by atoms with Crippen molar-refractivity contribution in [2.45, 2.75) is 37.5 Å². The molecule has 3 atom stereocenters. The van der Waals surface area contributed by atoms with E-state index in [0.29, 0.717) is 5.25 Å². The number of hydrogen-bond acceptors (Lipinski definition) is 2. The number of allylic oxidation sites excluding steroid dienone is 2. The van der Waals surface area contributed by atoms with Crippen molar-refractivity contribution >= 4 is 27.7 Å². The van der Waals surface area contributed by atoms with Gasteiger partial charge in [0.2, 0.25) is 0 Å². The summed E-state index contributed by atoms with van der Waals surface area (Å²) < 4.78 is 1.10. The molecular weight excluding hydrogens is 332 g/mol. The van der Waals surface area contributed by atoms with Gasteiger partial charge in [-0.3, -0.25) is 0 Å². The summed E-state index contributed by atoms with van der Waals surface area (Å²) in [5.41, 5.74) is 2.00. The minimum absolute atomic E-state index is 0.174. The minimum atomic E-state index is -0.656. The third-order valence-corrected chi connectivity index (χ3v) is 6.12. The lowest BCUT2D eigenvalue weighted by molar-refractivity contribution is 0.0202. The molecule has 0 spiro atoms. The van der Waals surface area contributed by atoms with Gasteiger partial charge in [0.1, 0.15) is 0 Å². The number of aliphatic hydroxyl groups is 1. The Morgan fingerprint density at radius 1 is 1.30 bits per heavy atom. The monoisotopic (exact) mass is 350 g/mol. The summed E-state index contributed by atoms with van der Waals surface area (Å²) in [7, 11) is 0. The third kappa shape index (κ3) is 2.76. The van der Waals surface area contributed by atoms with Crippen LogP contribution >= 0.6 is 27.7 Å². The van der Waals surface area contributed by atoms with Crippen molar-refractivity contribution < 1.29 is 5.11 Å². The molecule has 1 nitrogen and oxygen atoms in total. The highest BCUT2D eigenvalue weighted by atomic mass is 79.9. The van der Waals surface area contributed by atoms with Gasteiger partial charge in [-0.2, -0.15) is 0 Å². The number of halogens is 1. The number of fused-ring (bicyclic) bond motifs is 1. The van der Waals surface area contributed by atoms with E-state index in [-0.39, 0.29) is 5.92 Å². The van der Waals surface area contributed by atoms with E-state index >= 15 is 0 Å². The maximum Gasteiger partial charge on any atom is 0.0741 e. The van der Waals surface area contributed by atoms with E-state index in [2.05, 4.69) is 59.3 Å². The van der Waals surface area contributed by atoms with Crippen LogP contribution in [0.3, 0.4) is 0 Å². The van der Waals surface area contributed by atoms with Crippen LogP contribution in [0.5, 0.6) is 0 Å². The van der Waals surface area contributed by atoms with Crippen molar-refractivity contribution in [3.63, 3.8) is 0 Å². The summed E-state index contributed by atoms with van der Waals surface area (Å²) in [5, 5.41) is 11.2. The Morgan fingerprint density at radius 2 is 2.00 bits per heavy atom. The molecule has 1 aromatic carbocycles. The van der Waals surface area contributed by atoms with Crippen LogP contribution in [0.4, 0.5) is 0 Å². The van der Waals surface area contributed by atoms with Gasteiger partial charge in [-0.1, -0.05) is 45.8 Å². The van der Waals surface area contributed by atoms with E-state index in [4.69, 9.17) is 0 Å². The Morgan fingerprint density at radius 3 is 2.70 bits per heavy atom. The van der Waals surface area contributed by atoms with E-state index in [1.54, 1.807) is 0 Å². The molecule has 3 unspecified atom stereocenters. The van der Waals surface area contributed by atoms with Gasteiger partial charge in [0.25, 0.3) is 0 Å². The van der Waals surface area contributed by atoms with Crippen LogP contribution in [0, 0.1) is 5.92 Å². The Labute approximate surface area is 133 Å². The summed E-state index contributed by atoms with van der Waals surface area (Å²) >= 11 is 5.40. The molecule has 1 fully saturated rings. The number of thioether (sulfide) groups is 1. The average Bonchev–Trinajstić information content (AvgIpc) is 2.40. The Hall–Kier alpha value is -0.510. The van der Waals surface area contributed by atoms with Gasteiger partial charge in [-0.25, -0.2) is 0 Å². The first kappa shape index (κ1) is 14.4. The van der Waals surface area contributed by atoms with Gasteiger partial charge >= 0.3 is 0 Å². The highest BCUT2D eigenvalue weighted by molar-refractivity contribution is 9.10. The van der Waals surface area contributed by atoms with E-state index in [1.165, 1.54) is 16.0 Å². The second-order valence-electron chi connectivity index (χ2n) is 6.02.